The topological polar surface area (TPSA) is 15.6 Å². The number of alkyl halides is 2. The van der Waals surface area contributed by atoms with E-state index in [1.54, 1.807) is 0 Å². The summed E-state index contributed by atoms with van der Waals surface area (Å²) in [6, 6.07) is 0. The summed E-state index contributed by atoms with van der Waals surface area (Å²) in [7, 11) is 0. The van der Waals surface area contributed by atoms with Gasteiger partial charge in [-0.3, -0.25) is 9.40 Å². The summed E-state index contributed by atoms with van der Waals surface area (Å²) in [5.41, 5.74) is 0. The Morgan fingerprint density at radius 3 is 2.90 bits per heavy atom. The lowest BCUT2D eigenvalue weighted by atomic mass is 10.2. The van der Waals surface area contributed by atoms with Gasteiger partial charge in [-0.2, -0.15) is 5.10 Å². The molecule has 10 heavy (non-hydrogen) atoms. The molecule has 0 spiro atoms. The van der Waals surface area contributed by atoms with Gasteiger partial charge in [0.05, 0.1) is 25.2 Å². The lowest BCUT2D eigenvalue weighted by molar-refractivity contribution is 0.300. The van der Waals surface area contributed by atoms with Crippen LogP contribution in [-0.4, -0.2) is 31.1 Å². The summed E-state index contributed by atoms with van der Waals surface area (Å²) < 4.78 is 23.5. The van der Waals surface area contributed by atoms with Gasteiger partial charge in [-0.05, 0) is 0 Å². The molecule has 0 aromatic rings. The predicted molar refractivity (Wildman–Crippen MR) is 33.9 cm³/mol. The third kappa shape index (κ3) is 1.65. The van der Waals surface area contributed by atoms with Crippen molar-refractivity contribution in [2.24, 2.45) is 11.0 Å². The first-order valence-corrected chi connectivity index (χ1v) is 3.06. The molecule has 1 rings (SSSR count). The predicted octanol–water partition coefficient (Wildman–Crippen LogP) is 0.882. The van der Waals surface area contributed by atoms with Gasteiger partial charge in [-0.1, -0.05) is 0 Å². The summed E-state index contributed by atoms with van der Waals surface area (Å²) in [5.74, 6) is -0.369. The highest BCUT2D eigenvalue weighted by molar-refractivity contribution is 5.64. The molecule has 0 bridgehead atoms. The van der Waals surface area contributed by atoms with E-state index in [9.17, 15) is 8.78 Å². The van der Waals surface area contributed by atoms with E-state index in [-0.39, 0.29) is 12.5 Å². The third-order valence-electron chi connectivity index (χ3n) is 1.18. The Balaban J connectivity index is 2.24. The van der Waals surface area contributed by atoms with E-state index >= 15 is 0 Å². The summed E-state index contributed by atoms with van der Waals surface area (Å²) >= 11 is 0. The molecule has 1 aliphatic rings. The fourth-order valence-corrected chi connectivity index (χ4v) is 0.708. The summed E-state index contributed by atoms with van der Waals surface area (Å²) in [4.78, 5) is 0. The van der Waals surface area contributed by atoms with Crippen molar-refractivity contribution in [3.63, 3.8) is 0 Å². The second-order valence-electron chi connectivity index (χ2n) is 1.99. The van der Waals surface area contributed by atoms with Gasteiger partial charge in [0.15, 0.2) is 0 Å². The van der Waals surface area contributed by atoms with Gasteiger partial charge in [-0.25, -0.2) is 4.39 Å². The van der Waals surface area contributed by atoms with Crippen molar-refractivity contribution < 1.29 is 8.78 Å². The average molecular weight is 146 g/mol. The quantitative estimate of drug-likeness (QED) is 0.577. The highest BCUT2D eigenvalue weighted by atomic mass is 19.1. The molecule has 2 nitrogen and oxygen atoms in total. The maximum Gasteiger partial charge on any atom is 0.109 e. The van der Waals surface area contributed by atoms with E-state index in [0.717, 1.165) is 0 Å². The molecule has 0 saturated carbocycles. The Morgan fingerprint density at radius 2 is 2.40 bits per heavy atom. The Kier molecular flexibility index (Phi) is 2.59. The van der Waals surface area contributed by atoms with Crippen LogP contribution in [0.4, 0.5) is 8.78 Å². The molecule has 0 saturated heterocycles. The van der Waals surface area contributed by atoms with E-state index in [1.165, 1.54) is 11.6 Å². The smallest absolute Gasteiger partial charge is 0.109 e. The molecule has 1 heterocycles. The maximum absolute atomic E-state index is 11.8. The minimum Gasteiger partial charge on any atom is -0.288 e. The summed E-state index contributed by atoms with van der Waals surface area (Å²) in [6.07, 6.45) is 2.49. The standard InChI is InChI=1S/C6H8F2N2/c7-1-2-10-5-6(3-8)4-9-10/h5-6H,1-3H2. The molecule has 56 valence electrons. The minimum absolute atomic E-state index is 0.198. The summed E-state index contributed by atoms with van der Waals surface area (Å²) in [6.45, 7) is 0.746. The average Bonchev–Trinajstić information content (AvgIpc) is 2.37. The van der Waals surface area contributed by atoms with Gasteiger partial charge in [-0.15, -0.1) is 0 Å². The van der Waals surface area contributed by atoms with Crippen LogP contribution in [0.1, 0.15) is 0 Å². The highest BCUT2D eigenvalue weighted by Crippen LogP contribution is 2.12. The van der Waals surface area contributed by atoms with Gasteiger partial charge >= 0.3 is 0 Å². The number of nitrogens with zero attached hydrogens (tertiary/aromatic N) is 2. The van der Waals surface area contributed by atoms with Crippen LogP contribution in [0.5, 0.6) is 0 Å². The number of hydrogen-bond acceptors (Lipinski definition) is 2. The zero-order valence-corrected chi connectivity index (χ0v) is 5.43. The third-order valence-corrected chi connectivity index (χ3v) is 1.18. The van der Waals surface area contributed by atoms with E-state index < -0.39 is 13.3 Å². The van der Waals surface area contributed by atoms with Gasteiger partial charge in [0.2, 0.25) is 0 Å². The molecule has 1 unspecified atom stereocenters. The van der Waals surface area contributed by atoms with Crippen LogP contribution in [0, 0.1) is 12.5 Å². The van der Waals surface area contributed by atoms with E-state index in [2.05, 4.69) is 11.3 Å². The molecule has 0 aliphatic carbocycles. The molecular weight excluding hydrogens is 138 g/mol. The van der Waals surface area contributed by atoms with Crippen LogP contribution in [0.2, 0.25) is 0 Å². The van der Waals surface area contributed by atoms with Crippen molar-refractivity contribution in [1.82, 2.24) is 5.01 Å². The van der Waals surface area contributed by atoms with Crippen molar-refractivity contribution in [2.45, 2.75) is 0 Å². The minimum atomic E-state index is -0.508. The van der Waals surface area contributed by atoms with Gasteiger partial charge in [0.25, 0.3) is 0 Å². The largest absolute Gasteiger partial charge is 0.288 e. The molecule has 1 atom stereocenters. The number of halogens is 2. The molecular formula is C6H8F2N2. The van der Waals surface area contributed by atoms with Gasteiger partial charge < -0.3 is 0 Å². The maximum atomic E-state index is 11.8. The Bertz CT molecular complexity index is 127. The molecule has 0 N–H and O–H groups in total. The van der Waals surface area contributed by atoms with Crippen molar-refractivity contribution in [3.05, 3.63) is 6.54 Å². The normalized spacial score (nSPS) is 24.2. The molecule has 1 aliphatic heterocycles. The number of hydrazone groups is 1. The molecule has 0 fully saturated rings. The van der Waals surface area contributed by atoms with Crippen molar-refractivity contribution in [3.8, 4) is 0 Å². The molecule has 0 aromatic heterocycles. The monoisotopic (exact) mass is 146 g/mol. The Labute approximate surface area is 58.5 Å². The Hall–Kier alpha value is -0.670. The van der Waals surface area contributed by atoms with E-state index in [1.807, 2.05) is 0 Å². The lowest BCUT2D eigenvalue weighted by Gasteiger charge is -2.10. The Morgan fingerprint density at radius 1 is 1.60 bits per heavy atom. The van der Waals surface area contributed by atoms with Crippen LogP contribution >= 0.6 is 0 Å². The van der Waals surface area contributed by atoms with Crippen LogP contribution in [0.25, 0.3) is 0 Å². The first kappa shape index (κ1) is 7.44. The molecule has 2 radical (unpaired) electrons. The lowest BCUT2D eigenvalue weighted by Crippen LogP contribution is -2.16. The van der Waals surface area contributed by atoms with E-state index in [0.29, 0.717) is 0 Å². The molecule has 0 aromatic carbocycles. The van der Waals surface area contributed by atoms with Gasteiger partial charge in [0.1, 0.15) is 13.3 Å². The van der Waals surface area contributed by atoms with Crippen LogP contribution < -0.4 is 0 Å². The van der Waals surface area contributed by atoms with Crippen molar-refractivity contribution in [1.29, 1.82) is 0 Å². The van der Waals surface area contributed by atoms with Crippen LogP contribution in [0.15, 0.2) is 5.10 Å². The highest BCUT2D eigenvalue weighted by Gasteiger charge is 2.17. The summed E-state index contributed by atoms with van der Waals surface area (Å²) in [5, 5.41) is 4.99. The fraction of sp³-hybridized carbons (Fsp3) is 0.667. The van der Waals surface area contributed by atoms with Crippen LogP contribution in [0.3, 0.4) is 0 Å². The second kappa shape index (κ2) is 3.49. The van der Waals surface area contributed by atoms with Crippen molar-refractivity contribution >= 4 is 6.21 Å². The van der Waals surface area contributed by atoms with Crippen molar-refractivity contribution in [2.75, 3.05) is 19.9 Å². The number of rotatable bonds is 3. The first-order chi connectivity index (χ1) is 4.86. The number of hydrogen-bond donors (Lipinski definition) is 0. The fourth-order valence-electron chi connectivity index (χ4n) is 0.708. The van der Waals surface area contributed by atoms with Gasteiger partial charge in [0, 0.05) is 0 Å². The van der Waals surface area contributed by atoms with Crippen LogP contribution in [-0.2, 0) is 0 Å². The zero-order valence-electron chi connectivity index (χ0n) is 5.43. The zero-order chi connectivity index (χ0) is 7.40. The molecule has 0 amide bonds. The SMILES string of the molecule is FCCN1[CH]C(CF)[C]=N1. The second-order valence-corrected chi connectivity index (χ2v) is 1.99. The first-order valence-electron chi connectivity index (χ1n) is 3.06. The molecule has 4 heteroatoms. The van der Waals surface area contributed by atoms with E-state index in [4.69, 9.17) is 0 Å².